The van der Waals surface area contributed by atoms with Crippen molar-refractivity contribution in [1.82, 2.24) is 5.32 Å². The summed E-state index contributed by atoms with van der Waals surface area (Å²) in [5.74, 6) is 0.997. The van der Waals surface area contributed by atoms with Crippen LogP contribution in [0.2, 0.25) is 0 Å². The van der Waals surface area contributed by atoms with Gasteiger partial charge in [-0.15, -0.1) is 0 Å². The second kappa shape index (κ2) is 9.06. The van der Waals surface area contributed by atoms with Crippen LogP contribution in [0.1, 0.15) is 45.1 Å². The Morgan fingerprint density at radius 1 is 1.12 bits per heavy atom. The van der Waals surface area contributed by atoms with Crippen LogP contribution in [0.3, 0.4) is 0 Å². The highest BCUT2D eigenvalue weighted by Gasteiger charge is 1.96. The first kappa shape index (κ1) is 14.0. The molecule has 0 bridgehead atoms. The molecule has 2 heteroatoms. The molecule has 0 heterocycles. The Labute approximate surface area is 105 Å². The van der Waals surface area contributed by atoms with Gasteiger partial charge in [-0.2, -0.15) is 0 Å². The van der Waals surface area contributed by atoms with E-state index in [1.165, 1.54) is 24.8 Å². The van der Waals surface area contributed by atoms with Crippen LogP contribution in [-0.4, -0.2) is 13.2 Å². The molecule has 17 heavy (non-hydrogen) atoms. The van der Waals surface area contributed by atoms with Gasteiger partial charge in [0.15, 0.2) is 0 Å². The van der Waals surface area contributed by atoms with Crippen molar-refractivity contribution >= 4 is 0 Å². The van der Waals surface area contributed by atoms with Crippen LogP contribution >= 0.6 is 0 Å². The van der Waals surface area contributed by atoms with Crippen LogP contribution in [-0.2, 0) is 6.54 Å². The summed E-state index contributed by atoms with van der Waals surface area (Å²) in [6.07, 6.45) is 4.81. The zero-order chi connectivity index (χ0) is 12.3. The van der Waals surface area contributed by atoms with Gasteiger partial charge >= 0.3 is 0 Å². The molecule has 0 saturated carbocycles. The molecule has 0 aliphatic rings. The molecule has 96 valence electrons. The van der Waals surface area contributed by atoms with Crippen molar-refractivity contribution in [1.29, 1.82) is 0 Å². The number of nitrogens with one attached hydrogen (secondary N) is 1. The molecule has 0 aliphatic heterocycles. The van der Waals surface area contributed by atoms with Crippen molar-refractivity contribution in [2.75, 3.05) is 13.2 Å². The summed E-state index contributed by atoms with van der Waals surface area (Å²) in [6, 6.07) is 8.38. The zero-order valence-corrected chi connectivity index (χ0v) is 11.2. The van der Waals surface area contributed by atoms with Gasteiger partial charge in [-0.25, -0.2) is 0 Å². The molecule has 0 unspecified atom stereocenters. The van der Waals surface area contributed by atoms with E-state index in [2.05, 4.69) is 37.4 Å². The summed E-state index contributed by atoms with van der Waals surface area (Å²) in [7, 11) is 0. The standard InChI is InChI=1S/C15H25NO/c1-3-5-6-11-17-15-9-7-8-14(12-15)13-16-10-4-2/h7-9,12,16H,3-6,10-11,13H2,1-2H3. The van der Waals surface area contributed by atoms with E-state index >= 15 is 0 Å². The van der Waals surface area contributed by atoms with E-state index in [1.807, 2.05) is 6.07 Å². The van der Waals surface area contributed by atoms with E-state index in [1.54, 1.807) is 0 Å². The van der Waals surface area contributed by atoms with E-state index < -0.39 is 0 Å². The van der Waals surface area contributed by atoms with Crippen molar-refractivity contribution in [2.45, 2.75) is 46.1 Å². The Morgan fingerprint density at radius 2 is 2.00 bits per heavy atom. The SMILES string of the molecule is CCCCCOc1cccc(CNCCC)c1. The quantitative estimate of drug-likeness (QED) is 0.658. The van der Waals surface area contributed by atoms with Crippen LogP contribution < -0.4 is 10.1 Å². The van der Waals surface area contributed by atoms with Crippen LogP contribution in [0.4, 0.5) is 0 Å². The van der Waals surface area contributed by atoms with Crippen LogP contribution in [0.5, 0.6) is 5.75 Å². The highest BCUT2D eigenvalue weighted by atomic mass is 16.5. The Bertz CT molecular complexity index is 299. The van der Waals surface area contributed by atoms with Gasteiger partial charge in [0.25, 0.3) is 0 Å². The molecule has 0 amide bonds. The van der Waals surface area contributed by atoms with Crippen molar-refractivity contribution < 1.29 is 4.74 Å². The van der Waals surface area contributed by atoms with Crippen LogP contribution in [0.15, 0.2) is 24.3 Å². The van der Waals surface area contributed by atoms with Crippen molar-refractivity contribution in [2.24, 2.45) is 0 Å². The summed E-state index contributed by atoms with van der Waals surface area (Å²) in [5.41, 5.74) is 1.30. The van der Waals surface area contributed by atoms with Crippen molar-refractivity contribution in [3.8, 4) is 5.75 Å². The average Bonchev–Trinajstić information content (AvgIpc) is 2.36. The van der Waals surface area contributed by atoms with E-state index in [0.717, 1.165) is 31.9 Å². The molecule has 0 saturated heterocycles. The van der Waals surface area contributed by atoms with Gasteiger partial charge in [0.1, 0.15) is 5.75 Å². The predicted molar refractivity (Wildman–Crippen MR) is 73.5 cm³/mol. The lowest BCUT2D eigenvalue weighted by molar-refractivity contribution is 0.306. The van der Waals surface area contributed by atoms with Gasteiger partial charge in [-0.05, 0) is 37.1 Å². The minimum absolute atomic E-state index is 0.833. The molecule has 0 aromatic heterocycles. The Kier molecular flexibility index (Phi) is 7.48. The monoisotopic (exact) mass is 235 g/mol. The molecule has 0 aliphatic carbocycles. The van der Waals surface area contributed by atoms with Gasteiger partial charge in [-0.1, -0.05) is 38.8 Å². The van der Waals surface area contributed by atoms with Gasteiger partial charge in [-0.3, -0.25) is 0 Å². The molecule has 0 fully saturated rings. The maximum atomic E-state index is 5.73. The first-order valence-electron chi connectivity index (χ1n) is 6.79. The highest BCUT2D eigenvalue weighted by molar-refractivity contribution is 5.28. The number of benzene rings is 1. The molecule has 2 nitrogen and oxygen atoms in total. The fourth-order valence-corrected chi connectivity index (χ4v) is 1.70. The van der Waals surface area contributed by atoms with Gasteiger partial charge in [0, 0.05) is 6.54 Å². The van der Waals surface area contributed by atoms with Gasteiger partial charge in [0.2, 0.25) is 0 Å². The average molecular weight is 235 g/mol. The van der Waals surface area contributed by atoms with Crippen LogP contribution in [0.25, 0.3) is 0 Å². The summed E-state index contributed by atoms with van der Waals surface area (Å²) in [5, 5.41) is 3.40. The largest absolute Gasteiger partial charge is 0.494 e. The number of rotatable bonds is 9. The molecular formula is C15H25NO. The maximum Gasteiger partial charge on any atom is 0.119 e. The van der Waals surface area contributed by atoms with E-state index in [9.17, 15) is 0 Å². The zero-order valence-electron chi connectivity index (χ0n) is 11.2. The predicted octanol–water partition coefficient (Wildman–Crippen LogP) is 3.76. The molecule has 1 rings (SSSR count). The third kappa shape index (κ3) is 6.32. The summed E-state index contributed by atoms with van der Waals surface area (Å²) in [6.45, 7) is 7.22. The first-order chi connectivity index (χ1) is 8.36. The fraction of sp³-hybridized carbons (Fsp3) is 0.600. The molecule has 1 N–H and O–H groups in total. The van der Waals surface area contributed by atoms with Gasteiger partial charge < -0.3 is 10.1 Å². The Balaban J connectivity index is 2.31. The van der Waals surface area contributed by atoms with Gasteiger partial charge in [0.05, 0.1) is 6.61 Å². The highest BCUT2D eigenvalue weighted by Crippen LogP contribution is 2.13. The Hall–Kier alpha value is -1.02. The normalized spacial score (nSPS) is 10.5. The first-order valence-corrected chi connectivity index (χ1v) is 6.79. The molecule has 0 radical (unpaired) electrons. The number of unbranched alkanes of at least 4 members (excludes halogenated alkanes) is 2. The molecule has 1 aromatic rings. The fourth-order valence-electron chi connectivity index (χ4n) is 1.70. The lowest BCUT2D eigenvalue weighted by atomic mass is 10.2. The number of hydrogen-bond acceptors (Lipinski definition) is 2. The maximum absolute atomic E-state index is 5.73. The Morgan fingerprint density at radius 3 is 2.76 bits per heavy atom. The van der Waals surface area contributed by atoms with Crippen molar-refractivity contribution in [3.63, 3.8) is 0 Å². The lowest BCUT2D eigenvalue weighted by Gasteiger charge is -2.08. The van der Waals surface area contributed by atoms with Crippen LogP contribution in [0, 0.1) is 0 Å². The van der Waals surface area contributed by atoms with E-state index in [4.69, 9.17) is 4.74 Å². The third-order valence-electron chi connectivity index (χ3n) is 2.67. The molecular weight excluding hydrogens is 210 g/mol. The topological polar surface area (TPSA) is 21.3 Å². The third-order valence-corrected chi connectivity index (χ3v) is 2.67. The minimum atomic E-state index is 0.833. The molecule has 0 atom stereocenters. The number of ether oxygens (including phenoxy) is 1. The second-order valence-corrected chi connectivity index (χ2v) is 4.38. The molecule has 0 spiro atoms. The van der Waals surface area contributed by atoms with Crippen molar-refractivity contribution in [3.05, 3.63) is 29.8 Å². The summed E-state index contributed by atoms with van der Waals surface area (Å²) < 4.78 is 5.73. The van der Waals surface area contributed by atoms with E-state index in [0.29, 0.717) is 0 Å². The summed E-state index contributed by atoms with van der Waals surface area (Å²) >= 11 is 0. The lowest BCUT2D eigenvalue weighted by Crippen LogP contribution is -2.13. The summed E-state index contributed by atoms with van der Waals surface area (Å²) in [4.78, 5) is 0. The minimum Gasteiger partial charge on any atom is -0.494 e. The second-order valence-electron chi connectivity index (χ2n) is 4.38. The number of hydrogen-bond donors (Lipinski definition) is 1. The molecule has 1 aromatic carbocycles. The smallest absolute Gasteiger partial charge is 0.119 e. The van der Waals surface area contributed by atoms with E-state index in [-0.39, 0.29) is 0 Å².